The Hall–Kier alpha value is -2.05. The van der Waals surface area contributed by atoms with Gasteiger partial charge in [0.1, 0.15) is 30.8 Å². The zero-order valence-electron chi connectivity index (χ0n) is 13.8. The number of quaternary nitrogens is 1. The zero-order chi connectivity index (χ0) is 17.1. The minimum Gasteiger partial charge on any atom is -0.387 e. The van der Waals surface area contributed by atoms with E-state index in [9.17, 15) is 14.3 Å². The second-order valence-corrected chi connectivity index (χ2v) is 6.40. The Morgan fingerprint density at radius 3 is 2.96 bits per heavy atom. The molecular formula is C18H23FN3O2+. The van der Waals surface area contributed by atoms with E-state index in [2.05, 4.69) is 9.97 Å². The van der Waals surface area contributed by atoms with Crippen molar-refractivity contribution in [3.63, 3.8) is 0 Å². The van der Waals surface area contributed by atoms with Crippen LogP contribution in [-0.2, 0) is 19.4 Å². The Kier molecular flexibility index (Phi) is 5.06. The molecule has 0 aliphatic carbocycles. The summed E-state index contributed by atoms with van der Waals surface area (Å²) in [5, 5.41) is 9.80. The van der Waals surface area contributed by atoms with Crippen LogP contribution in [0.1, 0.15) is 36.0 Å². The van der Waals surface area contributed by atoms with Crippen molar-refractivity contribution in [1.82, 2.24) is 9.97 Å². The smallest absolute Gasteiger partial charge is 0.260 e. The third kappa shape index (κ3) is 3.71. The molecule has 128 valence electrons. The molecule has 24 heavy (non-hydrogen) atoms. The molecule has 0 radical (unpaired) electrons. The van der Waals surface area contributed by atoms with E-state index in [0.29, 0.717) is 42.9 Å². The third-order valence-corrected chi connectivity index (χ3v) is 4.60. The Labute approximate surface area is 140 Å². The van der Waals surface area contributed by atoms with Crippen molar-refractivity contribution in [2.24, 2.45) is 0 Å². The van der Waals surface area contributed by atoms with E-state index in [1.807, 2.05) is 6.92 Å². The van der Waals surface area contributed by atoms with Crippen molar-refractivity contribution in [3.8, 4) is 0 Å². The lowest BCUT2D eigenvalue weighted by molar-refractivity contribution is -0.919. The Bertz CT molecular complexity index is 775. The number of hydrogen-bond donors (Lipinski definition) is 3. The third-order valence-electron chi connectivity index (χ3n) is 4.60. The van der Waals surface area contributed by atoms with Crippen LogP contribution in [-0.4, -0.2) is 34.3 Å². The Morgan fingerprint density at radius 2 is 2.21 bits per heavy atom. The van der Waals surface area contributed by atoms with Crippen LogP contribution in [0.3, 0.4) is 0 Å². The molecular weight excluding hydrogens is 309 g/mol. The second-order valence-electron chi connectivity index (χ2n) is 6.40. The van der Waals surface area contributed by atoms with E-state index in [0.717, 1.165) is 12.2 Å². The van der Waals surface area contributed by atoms with Crippen LogP contribution < -0.4 is 10.5 Å². The quantitative estimate of drug-likeness (QED) is 0.733. The molecule has 6 heteroatoms. The fourth-order valence-electron chi connectivity index (χ4n) is 3.18. The van der Waals surface area contributed by atoms with Crippen molar-refractivity contribution in [3.05, 3.63) is 63.1 Å². The van der Waals surface area contributed by atoms with Crippen LogP contribution in [0.5, 0.6) is 0 Å². The summed E-state index contributed by atoms with van der Waals surface area (Å²) in [7, 11) is 0. The van der Waals surface area contributed by atoms with Crippen molar-refractivity contribution < 1.29 is 14.4 Å². The number of aromatic amines is 1. The van der Waals surface area contributed by atoms with E-state index in [1.165, 1.54) is 11.0 Å². The highest BCUT2D eigenvalue weighted by Crippen LogP contribution is 2.11. The maximum Gasteiger partial charge on any atom is 0.260 e. The first-order valence-electron chi connectivity index (χ1n) is 8.42. The summed E-state index contributed by atoms with van der Waals surface area (Å²) in [5.74, 6) is 0.211. The van der Waals surface area contributed by atoms with Gasteiger partial charge in [0.25, 0.3) is 5.56 Å². The predicted molar refractivity (Wildman–Crippen MR) is 88.5 cm³/mol. The molecule has 1 aliphatic heterocycles. The van der Waals surface area contributed by atoms with Gasteiger partial charge in [0.15, 0.2) is 0 Å². The Morgan fingerprint density at radius 1 is 1.42 bits per heavy atom. The standard InChI is InChI=1S/C18H22FN3O2/c1-2-13(23)10-22-8-7-16-14(11-22)18(24)21-17(20-16)9-12-5-3-4-6-15(12)19/h3-6,13,23H,2,7-11H2,1H3,(H,20,21,24)/p+1/t13-/m1/s1. The number of fused-ring (bicyclic) bond motifs is 1. The normalized spacial score (nSPS) is 18.2. The Balaban J connectivity index is 1.80. The molecule has 1 unspecified atom stereocenters. The topological polar surface area (TPSA) is 70.4 Å². The number of aromatic nitrogens is 2. The van der Waals surface area contributed by atoms with Gasteiger partial charge >= 0.3 is 0 Å². The molecule has 2 aromatic rings. The van der Waals surface area contributed by atoms with Gasteiger partial charge in [0.2, 0.25) is 0 Å². The molecule has 1 aromatic heterocycles. The fraction of sp³-hybridized carbons (Fsp3) is 0.444. The van der Waals surface area contributed by atoms with Crippen molar-refractivity contribution in [2.45, 2.75) is 38.8 Å². The SMILES string of the molecule is CC[C@@H](O)C[NH+]1CCc2nc(Cc3ccccc3F)[nH]c(=O)c2C1. The lowest BCUT2D eigenvalue weighted by Crippen LogP contribution is -3.13. The van der Waals surface area contributed by atoms with Crippen molar-refractivity contribution >= 4 is 0 Å². The van der Waals surface area contributed by atoms with Gasteiger partial charge in [-0.05, 0) is 18.1 Å². The largest absolute Gasteiger partial charge is 0.387 e. The van der Waals surface area contributed by atoms with E-state index < -0.39 is 0 Å². The minimum absolute atomic E-state index is 0.144. The van der Waals surface area contributed by atoms with Crippen LogP contribution in [0.15, 0.2) is 29.1 Å². The number of aliphatic hydroxyl groups excluding tert-OH is 1. The predicted octanol–water partition coefficient (Wildman–Crippen LogP) is 0.212. The molecule has 3 rings (SSSR count). The highest BCUT2D eigenvalue weighted by molar-refractivity contribution is 5.24. The number of benzene rings is 1. The average molecular weight is 332 g/mol. The number of nitrogens with zero attached hydrogens (tertiary/aromatic N) is 1. The molecule has 0 fully saturated rings. The molecule has 0 saturated carbocycles. The molecule has 5 nitrogen and oxygen atoms in total. The maximum atomic E-state index is 13.8. The first-order chi connectivity index (χ1) is 11.6. The number of halogens is 1. The molecule has 1 aromatic carbocycles. The van der Waals surface area contributed by atoms with Crippen molar-refractivity contribution in [2.75, 3.05) is 13.1 Å². The van der Waals surface area contributed by atoms with Crippen LogP contribution in [0, 0.1) is 5.82 Å². The summed E-state index contributed by atoms with van der Waals surface area (Å²) in [6, 6.07) is 6.53. The van der Waals surface area contributed by atoms with E-state index in [1.54, 1.807) is 18.2 Å². The van der Waals surface area contributed by atoms with Crippen LogP contribution in [0.25, 0.3) is 0 Å². The first-order valence-corrected chi connectivity index (χ1v) is 8.42. The molecule has 0 spiro atoms. The summed E-state index contributed by atoms with van der Waals surface area (Å²) < 4.78 is 13.8. The van der Waals surface area contributed by atoms with E-state index in [4.69, 9.17) is 0 Å². The van der Waals surface area contributed by atoms with Gasteiger partial charge in [-0.25, -0.2) is 9.37 Å². The van der Waals surface area contributed by atoms with Gasteiger partial charge in [-0.15, -0.1) is 0 Å². The lowest BCUT2D eigenvalue weighted by Gasteiger charge is -2.26. The van der Waals surface area contributed by atoms with Crippen LogP contribution >= 0.6 is 0 Å². The van der Waals surface area contributed by atoms with Crippen LogP contribution in [0.2, 0.25) is 0 Å². The first kappa shape index (κ1) is 16.8. The summed E-state index contributed by atoms with van der Waals surface area (Å²) in [6.45, 7) is 4.02. The van der Waals surface area contributed by atoms with Gasteiger partial charge in [-0.2, -0.15) is 0 Å². The van der Waals surface area contributed by atoms with Crippen molar-refractivity contribution in [1.29, 1.82) is 0 Å². The summed E-state index contributed by atoms with van der Waals surface area (Å²) in [5.41, 5.74) is 1.88. The molecule has 2 heterocycles. The summed E-state index contributed by atoms with van der Waals surface area (Å²) in [6.07, 6.45) is 1.36. The molecule has 0 amide bonds. The van der Waals surface area contributed by atoms with Gasteiger partial charge < -0.3 is 15.0 Å². The highest BCUT2D eigenvalue weighted by Gasteiger charge is 2.25. The highest BCUT2D eigenvalue weighted by atomic mass is 19.1. The molecule has 1 aliphatic rings. The minimum atomic E-state index is -0.339. The number of rotatable bonds is 5. The summed E-state index contributed by atoms with van der Waals surface area (Å²) in [4.78, 5) is 20.9. The number of nitrogens with one attached hydrogen (secondary N) is 2. The molecule has 3 N–H and O–H groups in total. The van der Waals surface area contributed by atoms with Crippen LogP contribution in [0.4, 0.5) is 4.39 Å². The average Bonchev–Trinajstić information content (AvgIpc) is 2.57. The summed E-state index contributed by atoms with van der Waals surface area (Å²) >= 11 is 0. The maximum absolute atomic E-state index is 13.8. The van der Waals surface area contributed by atoms with Gasteiger partial charge in [0, 0.05) is 12.8 Å². The monoisotopic (exact) mass is 332 g/mol. The van der Waals surface area contributed by atoms with Gasteiger partial charge in [0.05, 0.1) is 17.8 Å². The lowest BCUT2D eigenvalue weighted by atomic mass is 10.1. The molecule has 0 bridgehead atoms. The number of hydrogen-bond acceptors (Lipinski definition) is 3. The molecule has 2 atom stereocenters. The van der Waals surface area contributed by atoms with E-state index >= 15 is 0 Å². The number of aliphatic hydroxyl groups is 1. The molecule has 0 saturated heterocycles. The second kappa shape index (κ2) is 7.23. The van der Waals surface area contributed by atoms with Gasteiger partial charge in [-0.3, -0.25) is 4.79 Å². The fourth-order valence-corrected chi connectivity index (χ4v) is 3.18. The van der Waals surface area contributed by atoms with Gasteiger partial charge in [-0.1, -0.05) is 25.1 Å². The van der Waals surface area contributed by atoms with E-state index in [-0.39, 0.29) is 23.9 Å². The number of H-pyrrole nitrogens is 1. The zero-order valence-corrected chi connectivity index (χ0v) is 13.8.